The minimum atomic E-state index is -4.72. The zero-order valence-corrected chi connectivity index (χ0v) is 11.0. The first-order chi connectivity index (χ1) is 9.97. The lowest BCUT2D eigenvalue weighted by Gasteiger charge is -2.15. The average Bonchev–Trinajstić information content (AvgIpc) is 3.08. The van der Waals surface area contributed by atoms with Gasteiger partial charge in [-0.15, -0.1) is 0 Å². The SMILES string of the molecule is Fc1ccc(-n2cncc2C2CCCN2)cc1C(F)(F)F. The van der Waals surface area contributed by atoms with E-state index in [1.54, 1.807) is 10.8 Å². The lowest BCUT2D eigenvalue weighted by molar-refractivity contribution is -0.140. The van der Waals surface area contributed by atoms with Crippen LogP contribution >= 0.6 is 0 Å². The summed E-state index contributed by atoms with van der Waals surface area (Å²) < 4.78 is 53.3. The molecular weight excluding hydrogens is 286 g/mol. The molecule has 0 spiro atoms. The Balaban J connectivity index is 2.03. The number of alkyl halides is 3. The maximum atomic E-state index is 13.4. The lowest BCUT2D eigenvalue weighted by atomic mass is 10.1. The van der Waals surface area contributed by atoms with Crippen LogP contribution < -0.4 is 5.32 Å². The van der Waals surface area contributed by atoms with Crippen LogP contribution in [-0.4, -0.2) is 16.1 Å². The van der Waals surface area contributed by atoms with Crippen LogP contribution in [0.5, 0.6) is 0 Å². The maximum Gasteiger partial charge on any atom is 0.419 e. The molecule has 1 N–H and O–H groups in total. The predicted molar refractivity (Wildman–Crippen MR) is 68.5 cm³/mol. The van der Waals surface area contributed by atoms with Crippen LogP contribution in [-0.2, 0) is 6.18 Å². The second-order valence-electron chi connectivity index (χ2n) is 5.00. The Morgan fingerprint density at radius 2 is 2.10 bits per heavy atom. The summed E-state index contributed by atoms with van der Waals surface area (Å²) in [6, 6.07) is 3.04. The van der Waals surface area contributed by atoms with E-state index in [1.807, 2.05) is 0 Å². The van der Waals surface area contributed by atoms with Gasteiger partial charge in [0.2, 0.25) is 0 Å². The summed E-state index contributed by atoms with van der Waals surface area (Å²) in [5, 5.41) is 3.27. The molecule has 21 heavy (non-hydrogen) atoms. The van der Waals surface area contributed by atoms with Gasteiger partial charge in [-0.25, -0.2) is 9.37 Å². The van der Waals surface area contributed by atoms with Gasteiger partial charge < -0.3 is 9.88 Å². The molecule has 3 rings (SSSR count). The third kappa shape index (κ3) is 2.65. The summed E-state index contributed by atoms with van der Waals surface area (Å²) in [6.07, 6.45) is 0.265. The fourth-order valence-corrected chi connectivity index (χ4v) is 2.60. The fraction of sp³-hybridized carbons (Fsp3) is 0.357. The van der Waals surface area contributed by atoms with Crippen molar-refractivity contribution in [3.05, 3.63) is 47.8 Å². The molecule has 1 atom stereocenters. The Hall–Kier alpha value is -1.89. The van der Waals surface area contributed by atoms with Crippen molar-refractivity contribution in [2.24, 2.45) is 0 Å². The van der Waals surface area contributed by atoms with E-state index in [4.69, 9.17) is 0 Å². The van der Waals surface area contributed by atoms with E-state index >= 15 is 0 Å². The van der Waals surface area contributed by atoms with Crippen LogP contribution in [0.1, 0.15) is 30.1 Å². The smallest absolute Gasteiger partial charge is 0.309 e. The largest absolute Gasteiger partial charge is 0.419 e. The molecule has 1 saturated heterocycles. The number of aromatic nitrogens is 2. The van der Waals surface area contributed by atoms with Crippen molar-refractivity contribution >= 4 is 0 Å². The predicted octanol–water partition coefficient (Wildman–Crippen LogP) is 3.45. The zero-order valence-electron chi connectivity index (χ0n) is 11.0. The number of imidazole rings is 1. The minimum Gasteiger partial charge on any atom is -0.309 e. The quantitative estimate of drug-likeness (QED) is 0.861. The standard InChI is InChI=1S/C14H13F4N3/c15-11-4-3-9(6-10(11)14(16,17)18)21-8-19-7-13(21)12-2-1-5-20-12/h3-4,6-8,12,20H,1-2,5H2. The Labute approximate surface area is 118 Å². The van der Waals surface area contributed by atoms with Gasteiger partial charge >= 0.3 is 6.18 Å². The molecule has 0 aliphatic carbocycles. The molecule has 3 nitrogen and oxygen atoms in total. The number of rotatable bonds is 2. The number of benzene rings is 1. The van der Waals surface area contributed by atoms with Crippen LogP contribution in [0.3, 0.4) is 0 Å². The van der Waals surface area contributed by atoms with Gasteiger partial charge in [-0.3, -0.25) is 0 Å². The Bertz CT molecular complexity index is 642. The first-order valence-electron chi connectivity index (χ1n) is 6.59. The second-order valence-corrected chi connectivity index (χ2v) is 5.00. The molecular formula is C14H13F4N3. The monoisotopic (exact) mass is 299 g/mol. The van der Waals surface area contributed by atoms with Gasteiger partial charge in [0.1, 0.15) is 5.82 Å². The van der Waals surface area contributed by atoms with Crippen molar-refractivity contribution in [3.8, 4) is 5.69 Å². The molecule has 7 heteroatoms. The molecule has 1 fully saturated rings. The topological polar surface area (TPSA) is 29.9 Å². The summed E-state index contributed by atoms with van der Waals surface area (Å²) in [4.78, 5) is 4.01. The highest BCUT2D eigenvalue weighted by Crippen LogP contribution is 2.33. The van der Waals surface area contributed by atoms with Crippen molar-refractivity contribution in [3.63, 3.8) is 0 Å². The summed E-state index contributed by atoms with van der Waals surface area (Å²) >= 11 is 0. The number of nitrogens with zero attached hydrogens (tertiary/aromatic N) is 2. The van der Waals surface area contributed by atoms with E-state index < -0.39 is 17.6 Å². The first kappa shape index (κ1) is 14.1. The molecule has 112 valence electrons. The second kappa shape index (κ2) is 5.14. The van der Waals surface area contributed by atoms with E-state index in [2.05, 4.69) is 10.3 Å². The van der Waals surface area contributed by atoms with Crippen LogP contribution in [0.4, 0.5) is 17.6 Å². The van der Waals surface area contributed by atoms with Crippen molar-refractivity contribution in [2.75, 3.05) is 6.54 Å². The van der Waals surface area contributed by atoms with Gasteiger partial charge in [0.25, 0.3) is 0 Å². The van der Waals surface area contributed by atoms with Gasteiger partial charge in [0.05, 0.1) is 23.8 Å². The van der Waals surface area contributed by atoms with Crippen LogP contribution in [0.25, 0.3) is 5.69 Å². The van der Waals surface area contributed by atoms with E-state index in [0.717, 1.165) is 37.2 Å². The molecule has 1 aliphatic heterocycles. The molecule has 1 unspecified atom stereocenters. The molecule has 0 bridgehead atoms. The Kier molecular flexibility index (Phi) is 3.44. The molecule has 0 radical (unpaired) electrons. The van der Waals surface area contributed by atoms with Crippen molar-refractivity contribution in [1.29, 1.82) is 0 Å². The highest BCUT2D eigenvalue weighted by Gasteiger charge is 2.34. The summed E-state index contributed by atoms with van der Waals surface area (Å²) in [6.45, 7) is 0.868. The van der Waals surface area contributed by atoms with Gasteiger partial charge in [0, 0.05) is 11.7 Å². The number of hydrogen-bond acceptors (Lipinski definition) is 2. The van der Waals surface area contributed by atoms with E-state index in [0.29, 0.717) is 0 Å². The lowest BCUT2D eigenvalue weighted by Crippen LogP contribution is -2.16. The summed E-state index contributed by atoms with van der Waals surface area (Å²) in [7, 11) is 0. The molecule has 1 aromatic carbocycles. The van der Waals surface area contributed by atoms with Gasteiger partial charge in [-0.1, -0.05) is 0 Å². The van der Waals surface area contributed by atoms with Crippen LogP contribution in [0.15, 0.2) is 30.7 Å². The number of hydrogen-bond donors (Lipinski definition) is 1. The molecule has 0 amide bonds. The minimum absolute atomic E-state index is 0.0619. The molecule has 1 aromatic heterocycles. The van der Waals surface area contributed by atoms with E-state index in [-0.39, 0.29) is 11.7 Å². The number of nitrogens with one attached hydrogen (secondary N) is 1. The molecule has 1 aliphatic rings. The van der Waals surface area contributed by atoms with E-state index in [1.165, 1.54) is 12.4 Å². The fourth-order valence-electron chi connectivity index (χ4n) is 2.60. The zero-order chi connectivity index (χ0) is 15.0. The highest BCUT2D eigenvalue weighted by molar-refractivity contribution is 5.40. The Morgan fingerprint density at radius 1 is 1.29 bits per heavy atom. The molecule has 0 saturated carbocycles. The summed E-state index contributed by atoms with van der Waals surface area (Å²) in [5.41, 5.74) is -0.226. The van der Waals surface area contributed by atoms with Gasteiger partial charge in [-0.2, -0.15) is 13.2 Å². The first-order valence-corrected chi connectivity index (χ1v) is 6.59. The number of halogens is 4. The van der Waals surface area contributed by atoms with Gasteiger partial charge in [0.15, 0.2) is 0 Å². The molecule has 2 aromatic rings. The summed E-state index contributed by atoms with van der Waals surface area (Å²) in [5.74, 6) is -1.27. The molecule has 2 heterocycles. The third-order valence-corrected chi connectivity index (χ3v) is 3.62. The average molecular weight is 299 g/mol. The van der Waals surface area contributed by atoms with Crippen molar-refractivity contribution in [2.45, 2.75) is 25.1 Å². The van der Waals surface area contributed by atoms with Crippen LogP contribution in [0.2, 0.25) is 0 Å². The Morgan fingerprint density at radius 3 is 2.76 bits per heavy atom. The maximum absolute atomic E-state index is 13.4. The van der Waals surface area contributed by atoms with Gasteiger partial charge in [-0.05, 0) is 37.6 Å². The normalized spacial score (nSPS) is 19.1. The third-order valence-electron chi connectivity index (χ3n) is 3.62. The van der Waals surface area contributed by atoms with E-state index in [9.17, 15) is 17.6 Å². The van der Waals surface area contributed by atoms with Crippen LogP contribution in [0, 0.1) is 5.82 Å². The van der Waals surface area contributed by atoms with Crippen molar-refractivity contribution < 1.29 is 17.6 Å². The van der Waals surface area contributed by atoms with Crippen molar-refractivity contribution in [1.82, 2.24) is 14.9 Å². The highest BCUT2D eigenvalue weighted by atomic mass is 19.4.